The number of nitrogens with zero attached hydrogens (tertiary/aromatic N) is 1. The maximum Gasteiger partial charge on any atom is 0.114 e. The maximum atomic E-state index is 6.01. The molecule has 0 amide bonds. The summed E-state index contributed by atoms with van der Waals surface area (Å²) < 4.78 is 11.4. The Bertz CT molecular complexity index is 681. The van der Waals surface area contributed by atoms with Gasteiger partial charge in [0, 0.05) is 25.9 Å². The van der Waals surface area contributed by atoms with Crippen molar-refractivity contribution in [2.45, 2.75) is 13.0 Å². The van der Waals surface area contributed by atoms with Gasteiger partial charge in [-0.15, -0.1) is 0 Å². The van der Waals surface area contributed by atoms with E-state index in [4.69, 9.17) is 9.47 Å². The Hall–Kier alpha value is -1.72. The molecule has 2 radical (unpaired) electrons. The predicted octanol–water partition coefficient (Wildman–Crippen LogP) is 2.77. The lowest BCUT2D eigenvalue weighted by molar-refractivity contribution is 0.00397. The molecule has 3 rings (SSSR count). The average molecular weight is 366 g/mol. The van der Waals surface area contributed by atoms with Crippen molar-refractivity contribution >= 4 is 20.3 Å². The van der Waals surface area contributed by atoms with Crippen molar-refractivity contribution in [1.29, 1.82) is 0 Å². The molecule has 1 aliphatic heterocycles. The summed E-state index contributed by atoms with van der Waals surface area (Å²) in [5.41, 5.74) is 3.41. The zero-order valence-corrected chi connectivity index (χ0v) is 16.5. The Balaban J connectivity index is 1.43. The molecule has 1 unspecified atom stereocenters. The van der Waals surface area contributed by atoms with E-state index in [1.165, 1.54) is 16.3 Å². The highest BCUT2D eigenvalue weighted by atomic mass is 28.2. The molecule has 0 aromatic heterocycles. The van der Waals surface area contributed by atoms with Gasteiger partial charge in [0.15, 0.2) is 0 Å². The van der Waals surface area contributed by atoms with E-state index in [0.717, 1.165) is 44.7 Å². The van der Waals surface area contributed by atoms with Gasteiger partial charge in [-0.2, -0.15) is 0 Å². The Morgan fingerprint density at radius 3 is 2.42 bits per heavy atom. The minimum absolute atomic E-state index is 0.262. The van der Waals surface area contributed by atoms with E-state index in [2.05, 4.69) is 54.8 Å². The van der Waals surface area contributed by atoms with Crippen LogP contribution in [0.15, 0.2) is 61.2 Å². The van der Waals surface area contributed by atoms with Crippen molar-refractivity contribution < 1.29 is 9.47 Å². The SMILES string of the molecule is C=C(c1ccccc1)c1ccc([Si]COC(C)CN2CCOCC2)cc1. The fraction of sp³-hybridized carbons (Fsp3) is 0.364. The van der Waals surface area contributed by atoms with Gasteiger partial charge in [0.25, 0.3) is 0 Å². The van der Waals surface area contributed by atoms with Gasteiger partial charge in [-0.25, -0.2) is 0 Å². The van der Waals surface area contributed by atoms with Crippen LogP contribution in [-0.2, 0) is 9.47 Å². The molecule has 2 aromatic rings. The molecule has 1 aliphatic rings. The highest BCUT2D eigenvalue weighted by Gasteiger charge is 2.14. The first-order valence-electron chi connectivity index (χ1n) is 9.23. The number of ether oxygens (including phenoxy) is 2. The Kier molecular flexibility index (Phi) is 7.20. The number of hydrogen-bond acceptors (Lipinski definition) is 3. The number of hydrogen-bond donors (Lipinski definition) is 0. The second-order valence-corrected chi connectivity index (χ2v) is 7.85. The maximum absolute atomic E-state index is 6.01. The van der Waals surface area contributed by atoms with Crippen molar-refractivity contribution in [3.8, 4) is 0 Å². The van der Waals surface area contributed by atoms with Crippen LogP contribution in [0.3, 0.4) is 0 Å². The molecular weight excluding hydrogens is 338 g/mol. The minimum atomic E-state index is 0.262. The third-order valence-corrected chi connectivity index (χ3v) is 5.67. The molecule has 1 atom stereocenters. The normalized spacial score (nSPS) is 16.3. The molecule has 3 nitrogen and oxygen atoms in total. The molecule has 2 aromatic carbocycles. The van der Waals surface area contributed by atoms with Crippen LogP contribution >= 0.6 is 0 Å². The number of rotatable bonds is 8. The highest BCUT2D eigenvalue weighted by Crippen LogP contribution is 2.20. The van der Waals surface area contributed by atoms with Crippen molar-refractivity contribution in [2.24, 2.45) is 0 Å². The topological polar surface area (TPSA) is 21.7 Å². The largest absolute Gasteiger partial charge is 0.381 e. The number of morpholine rings is 1. The van der Waals surface area contributed by atoms with Gasteiger partial charge in [0.05, 0.1) is 19.3 Å². The van der Waals surface area contributed by atoms with Gasteiger partial charge in [0.2, 0.25) is 0 Å². The van der Waals surface area contributed by atoms with Crippen LogP contribution in [0.5, 0.6) is 0 Å². The van der Waals surface area contributed by atoms with Crippen LogP contribution in [0.4, 0.5) is 0 Å². The summed E-state index contributed by atoms with van der Waals surface area (Å²) in [6.07, 6.45) is 1.04. The molecule has 0 spiro atoms. The Morgan fingerprint density at radius 2 is 1.73 bits per heavy atom. The smallest absolute Gasteiger partial charge is 0.114 e. The van der Waals surface area contributed by atoms with Gasteiger partial charge in [-0.3, -0.25) is 4.90 Å². The molecule has 0 saturated carbocycles. The monoisotopic (exact) mass is 365 g/mol. The van der Waals surface area contributed by atoms with Crippen LogP contribution in [0.1, 0.15) is 18.1 Å². The molecule has 136 valence electrons. The zero-order valence-electron chi connectivity index (χ0n) is 15.5. The first kappa shape index (κ1) is 19.0. The van der Waals surface area contributed by atoms with Crippen LogP contribution < -0.4 is 5.19 Å². The third kappa shape index (κ3) is 5.64. The summed E-state index contributed by atoms with van der Waals surface area (Å²) in [4.78, 5) is 2.42. The number of benzene rings is 2. The van der Waals surface area contributed by atoms with E-state index < -0.39 is 0 Å². The lowest BCUT2D eigenvalue weighted by atomic mass is 10.00. The lowest BCUT2D eigenvalue weighted by Gasteiger charge is -2.29. The fourth-order valence-electron chi connectivity index (χ4n) is 3.06. The van der Waals surface area contributed by atoms with E-state index in [1.54, 1.807) is 0 Å². The van der Waals surface area contributed by atoms with Crippen molar-refractivity contribution in [3.05, 3.63) is 72.3 Å². The summed E-state index contributed by atoms with van der Waals surface area (Å²) in [7, 11) is 0.671. The van der Waals surface area contributed by atoms with Crippen LogP contribution in [-0.4, -0.2) is 59.6 Å². The molecule has 1 heterocycles. The lowest BCUT2D eigenvalue weighted by Crippen LogP contribution is -2.41. The molecule has 0 bridgehead atoms. The molecule has 0 aliphatic carbocycles. The summed E-state index contributed by atoms with van der Waals surface area (Å²) in [6, 6.07) is 19.0. The van der Waals surface area contributed by atoms with Crippen LogP contribution in [0.2, 0.25) is 0 Å². The van der Waals surface area contributed by atoms with Crippen molar-refractivity contribution in [1.82, 2.24) is 4.90 Å². The van der Waals surface area contributed by atoms with E-state index in [1.807, 2.05) is 18.2 Å². The molecule has 1 fully saturated rings. The molecular formula is C22H27NO2Si. The quantitative estimate of drug-likeness (QED) is 0.672. The summed E-state index contributed by atoms with van der Waals surface area (Å²) in [5, 5.41) is 1.33. The second kappa shape index (κ2) is 9.83. The summed E-state index contributed by atoms with van der Waals surface area (Å²) in [6.45, 7) is 11.1. The van der Waals surface area contributed by atoms with Gasteiger partial charge < -0.3 is 9.47 Å². The van der Waals surface area contributed by atoms with Crippen LogP contribution in [0.25, 0.3) is 5.57 Å². The van der Waals surface area contributed by atoms with Gasteiger partial charge in [0.1, 0.15) is 9.52 Å². The summed E-state index contributed by atoms with van der Waals surface area (Å²) in [5.74, 6) is 0. The highest BCUT2D eigenvalue weighted by molar-refractivity contribution is 6.53. The van der Waals surface area contributed by atoms with Crippen LogP contribution in [0, 0.1) is 0 Å². The second-order valence-electron chi connectivity index (χ2n) is 6.63. The Morgan fingerprint density at radius 1 is 1.08 bits per heavy atom. The predicted molar refractivity (Wildman–Crippen MR) is 109 cm³/mol. The molecule has 0 N–H and O–H groups in total. The summed E-state index contributed by atoms with van der Waals surface area (Å²) >= 11 is 0. The first-order valence-corrected chi connectivity index (χ1v) is 10.4. The van der Waals surface area contributed by atoms with E-state index in [9.17, 15) is 0 Å². The zero-order chi connectivity index (χ0) is 18.2. The van der Waals surface area contributed by atoms with E-state index >= 15 is 0 Å². The molecule has 26 heavy (non-hydrogen) atoms. The van der Waals surface area contributed by atoms with E-state index in [0.29, 0.717) is 9.52 Å². The molecule has 1 saturated heterocycles. The third-order valence-electron chi connectivity index (χ3n) is 4.62. The van der Waals surface area contributed by atoms with Crippen molar-refractivity contribution in [2.75, 3.05) is 39.1 Å². The standard InChI is InChI=1S/C22H27NO2Si/c1-18(16-23-12-14-24-15-13-23)25-17-26-22-10-8-21(9-11-22)19(2)20-6-4-3-5-7-20/h3-11,18H,2,12-17H2,1H3. The Labute approximate surface area is 159 Å². The average Bonchev–Trinajstić information content (AvgIpc) is 2.69. The fourth-order valence-corrected chi connectivity index (χ4v) is 4.00. The van der Waals surface area contributed by atoms with E-state index in [-0.39, 0.29) is 6.10 Å². The van der Waals surface area contributed by atoms with Gasteiger partial charge in [-0.05, 0) is 23.6 Å². The van der Waals surface area contributed by atoms with Crippen molar-refractivity contribution in [3.63, 3.8) is 0 Å². The van der Waals surface area contributed by atoms with Gasteiger partial charge in [-0.1, -0.05) is 66.4 Å². The first-order chi connectivity index (χ1) is 12.7. The minimum Gasteiger partial charge on any atom is -0.381 e. The molecule has 4 heteroatoms. The van der Waals surface area contributed by atoms with Gasteiger partial charge >= 0.3 is 0 Å².